The molecule has 0 bridgehead atoms. The zero-order valence-electron chi connectivity index (χ0n) is 14.2. The van der Waals surface area contributed by atoms with Crippen molar-refractivity contribution in [3.8, 4) is 17.2 Å². The first-order valence-electron chi connectivity index (χ1n) is 7.66. The average molecular weight is 373 g/mol. The predicted octanol–water partition coefficient (Wildman–Crippen LogP) is 3.40. The maximum atomic E-state index is 13.8. The van der Waals surface area contributed by atoms with Crippen LogP contribution in [-0.2, 0) is 0 Å². The van der Waals surface area contributed by atoms with E-state index in [0.717, 1.165) is 5.69 Å². The second-order valence-electron chi connectivity index (χ2n) is 5.25. The van der Waals surface area contributed by atoms with Gasteiger partial charge in [0, 0.05) is 11.6 Å². The minimum Gasteiger partial charge on any atom is -0.497 e. The van der Waals surface area contributed by atoms with Gasteiger partial charge in [0.25, 0.3) is 0 Å². The Morgan fingerprint density at radius 3 is 2.77 bits per heavy atom. The molecule has 8 heteroatoms. The summed E-state index contributed by atoms with van der Waals surface area (Å²) in [6.07, 6.45) is 1.56. The van der Waals surface area contributed by atoms with Crippen molar-refractivity contribution >= 4 is 17.5 Å². The molecule has 0 fully saturated rings. The second kappa shape index (κ2) is 8.01. The van der Waals surface area contributed by atoms with Crippen LogP contribution in [0.2, 0.25) is 0 Å². The highest BCUT2D eigenvalue weighted by Gasteiger charge is 2.14. The van der Waals surface area contributed by atoms with Gasteiger partial charge in [-0.05, 0) is 30.3 Å². The molecule has 0 aliphatic heterocycles. The number of Topliss-reactive ketones (excluding diaryl/α,β-unsaturated/α-hetero) is 1. The van der Waals surface area contributed by atoms with Crippen LogP contribution in [0.15, 0.2) is 53.9 Å². The monoisotopic (exact) mass is 373 g/mol. The van der Waals surface area contributed by atoms with Crippen LogP contribution in [-0.4, -0.2) is 40.5 Å². The van der Waals surface area contributed by atoms with E-state index >= 15 is 0 Å². The number of halogens is 1. The van der Waals surface area contributed by atoms with E-state index in [9.17, 15) is 9.18 Å². The lowest BCUT2D eigenvalue weighted by molar-refractivity contribution is 0.102. The van der Waals surface area contributed by atoms with E-state index in [1.54, 1.807) is 18.0 Å². The molecule has 0 aliphatic carbocycles. The zero-order valence-corrected chi connectivity index (χ0v) is 15.0. The summed E-state index contributed by atoms with van der Waals surface area (Å²) < 4.78 is 25.6. The Bertz CT molecular complexity index is 930. The summed E-state index contributed by atoms with van der Waals surface area (Å²) in [5.74, 6) is 0.137. The molecule has 0 radical (unpaired) electrons. The summed E-state index contributed by atoms with van der Waals surface area (Å²) in [7, 11) is 2.97. The van der Waals surface area contributed by atoms with Gasteiger partial charge in [0.15, 0.2) is 22.5 Å². The van der Waals surface area contributed by atoms with E-state index in [1.165, 1.54) is 37.1 Å². The molecule has 0 unspecified atom stereocenters. The Morgan fingerprint density at radius 2 is 2.04 bits per heavy atom. The first-order valence-corrected chi connectivity index (χ1v) is 8.65. The SMILES string of the molecule is COc1cccc(-n2cnnc2SCC(=O)c2ccc(OC)c(F)c2)c1. The average Bonchev–Trinajstić information content (AvgIpc) is 3.14. The van der Waals surface area contributed by atoms with E-state index < -0.39 is 5.82 Å². The van der Waals surface area contributed by atoms with E-state index in [0.29, 0.717) is 10.9 Å². The fourth-order valence-electron chi connectivity index (χ4n) is 2.31. The van der Waals surface area contributed by atoms with Gasteiger partial charge in [-0.15, -0.1) is 10.2 Å². The van der Waals surface area contributed by atoms with Crippen molar-refractivity contribution in [1.82, 2.24) is 14.8 Å². The molecule has 3 aromatic rings. The van der Waals surface area contributed by atoms with E-state index in [-0.39, 0.29) is 22.8 Å². The highest BCUT2D eigenvalue weighted by atomic mass is 32.2. The number of carbonyl (C=O) groups is 1. The molecule has 1 aromatic heterocycles. The quantitative estimate of drug-likeness (QED) is 0.467. The molecule has 0 N–H and O–H groups in total. The van der Waals surface area contributed by atoms with Gasteiger partial charge in [0.1, 0.15) is 12.1 Å². The van der Waals surface area contributed by atoms with Crippen molar-refractivity contribution in [2.45, 2.75) is 5.16 Å². The van der Waals surface area contributed by atoms with Crippen LogP contribution in [0.25, 0.3) is 5.69 Å². The summed E-state index contributed by atoms with van der Waals surface area (Å²) in [5, 5.41) is 8.51. The van der Waals surface area contributed by atoms with E-state index in [2.05, 4.69) is 10.2 Å². The molecular formula is C18H16FN3O3S. The first kappa shape index (κ1) is 17.9. The Morgan fingerprint density at radius 1 is 1.19 bits per heavy atom. The topological polar surface area (TPSA) is 66.2 Å². The molecule has 1 heterocycles. The largest absolute Gasteiger partial charge is 0.497 e. The number of nitrogens with zero attached hydrogens (tertiary/aromatic N) is 3. The molecule has 2 aromatic carbocycles. The fourth-order valence-corrected chi connectivity index (χ4v) is 3.14. The summed E-state index contributed by atoms with van der Waals surface area (Å²) in [5.41, 5.74) is 1.10. The van der Waals surface area contributed by atoms with Crippen molar-refractivity contribution in [2.75, 3.05) is 20.0 Å². The minimum atomic E-state index is -0.567. The second-order valence-corrected chi connectivity index (χ2v) is 6.19. The van der Waals surface area contributed by atoms with Crippen LogP contribution in [0.1, 0.15) is 10.4 Å². The lowest BCUT2D eigenvalue weighted by Gasteiger charge is -2.08. The highest BCUT2D eigenvalue weighted by molar-refractivity contribution is 7.99. The van der Waals surface area contributed by atoms with Gasteiger partial charge in [-0.25, -0.2) is 4.39 Å². The maximum absolute atomic E-state index is 13.8. The normalized spacial score (nSPS) is 10.6. The minimum absolute atomic E-state index is 0.104. The van der Waals surface area contributed by atoms with Gasteiger partial charge >= 0.3 is 0 Å². The Labute approximate surface area is 154 Å². The molecule has 0 atom stereocenters. The summed E-state index contributed by atoms with van der Waals surface area (Å²) in [4.78, 5) is 12.3. The number of methoxy groups -OCH3 is 2. The number of carbonyl (C=O) groups excluding carboxylic acids is 1. The Kier molecular flexibility index (Phi) is 5.52. The van der Waals surface area contributed by atoms with Crippen molar-refractivity contribution < 1.29 is 18.7 Å². The number of ketones is 1. The third-order valence-electron chi connectivity index (χ3n) is 3.65. The number of ether oxygens (including phenoxy) is 2. The zero-order chi connectivity index (χ0) is 18.5. The van der Waals surface area contributed by atoms with Gasteiger partial charge < -0.3 is 9.47 Å². The molecule has 0 saturated carbocycles. The Balaban J connectivity index is 1.73. The van der Waals surface area contributed by atoms with E-state index in [4.69, 9.17) is 9.47 Å². The van der Waals surface area contributed by atoms with Crippen molar-refractivity contribution in [2.24, 2.45) is 0 Å². The van der Waals surface area contributed by atoms with Crippen LogP contribution >= 0.6 is 11.8 Å². The number of rotatable bonds is 7. The maximum Gasteiger partial charge on any atom is 0.196 e. The number of hydrogen-bond donors (Lipinski definition) is 0. The molecular weight excluding hydrogens is 357 g/mol. The fraction of sp³-hybridized carbons (Fsp3) is 0.167. The van der Waals surface area contributed by atoms with Gasteiger partial charge in [-0.1, -0.05) is 17.8 Å². The standard InChI is InChI=1S/C18H16FN3O3S/c1-24-14-5-3-4-13(9-14)22-11-20-21-18(22)26-10-16(23)12-6-7-17(25-2)15(19)8-12/h3-9,11H,10H2,1-2H3. The van der Waals surface area contributed by atoms with Gasteiger partial charge in [-0.2, -0.15) is 0 Å². The lowest BCUT2D eigenvalue weighted by Crippen LogP contribution is -2.05. The van der Waals surface area contributed by atoms with Crippen LogP contribution in [0, 0.1) is 5.82 Å². The summed E-state index contributed by atoms with van der Waals surface area (Å²) in [6, 6.07) is 11.6. The summed E-state index contributed by atoms with van der Waals surface area (Å²) >= 11 is 1.23. The van der Waals surface area contributed by atoms with E-state index in [1.807, 2.05) is 24.3 Å². The molecule has 26 heavy (non-hydrogen) atoms. The van der Waals surface area contributed by atoms with Crippen LogP contribution in [0.5, 0.6) is 11.5 Å². The number of thioether (sulfide) groups is 1. The van der Waals surface area contributed by atoms with Crippen molar-refractivity contribution in [3.05, 3.63) is 60.2 Å². The smallest absolute Gasteiger partial charge is 0.196 e. The van der Waals surface area contributed by atoms with Crippen molar-refractivity contribution in [1.29, 1.82) is 0 Å². The number of aromatic nitrogens is 3. The van der Waals surface area contributed by atoms with Gasteiger partial charge in [-0.3, -0.25) is 9.36 Å². The van der Waals surface area contributed by atoms with Gasteiger partial charge in [0.2, 0.25) is 0 Å². The predicted molar refractivity (Wildman–Crippen MR) is 95.9 cm³/mol. The number of benzene rings is 2. The van der Waals surface area contributed by atoms with Crippen LogP contribution in [0.3, 0.4) is 0 Å². The summed E-state index contributed by atoms with van der Waals surface area (Å²) in [6.45, 7) is 0. The molecule has 3 rings (SSSR count). The number of hydrogen-bond acceptors (Lipinski definition) is 6. The first-order chi connectivity index (χ1) is 12.6. The third kappa shape index (κ3) is 3.85. The third-order valence-corrected chi connectivity index (χ3v) is 4.60. The van der Waals surface area contributed by atoms with Crippen LogP contribution < -0.4 is 9.47 Å². The lowest BCUT2D eigenvalue weighted by atomic mass is 10.1. The highest BCUT2D eigenvalue weighted by Crippen LogP contribution is 2.24. The molecule has 0 spiro atoms. The van der Waals surface area contributed by atoms with Crippen LogP contribution in [0.4, 0.5) is 4.39 Å². The van der Waals surface area contributed by atoms with Gasteiger partial charge in [0.05, 0.1) is 25.7 Å². The molecule has 0 aliphatic rings. The van der Waals surface area contributed by atoms with Crippen molar-refractivity contribution in [3.63, 3.8) is 0 Å². The molecule has 0 saturated heterocycles. The molecule has 134 valence electrons. The molecule has 0 amide bonds. The molecule has 6 nitrogen and oxygen atoms in total. The Hall–Kier alpha value is -2.87.